The van der Waals surface area contributed by atoms with Crippen molar-refractivity contribution in [2.45, 2.75) is 64.2 Å². The van der Waals surface area contributed by atoms with Crippen molar-refractivity contribution in [3.05, 3.63) is 71.1 Å². The lowest BCUT2D eigenvalue weighted by Crippen LogP contribution is -2.25. The lowest BCUT2D eigenvalue weighted by molar-refractivity contribution is 0.171. The van der Waals surface area contributed by atoms with Crippen molar-refractivity contribution in [2.75, 3.05) is 0 Å². The van der Waals surface area contributed by atoms with E-state index in [9.17, 15) is 22.0 Å². The Morgan fingerprint density at radius 2 is 1.16 bits per heavy atom. The van der Waals surface area contributed by atoms with Gasteiger partial charge in [0.15, 0.2) is 17.5 Å². The van der Waals surface area contributed by atoms with E-state index in [1.54, 1.807) is 0 Å². The highest BCUT2D eigenvalue weighted by molar-refractivity contribution is 5.65. The Morgan fingerprint density at radius 3 is 1.66 bits per heavy atom. The van der Waals surface area contributed by atoms with Crippen LogP contribution in [0.15, 0.2) is 36.4 Å². The quantitative estimate of drug-likeness (QED) is 0.249. The predicted molar refractivity (Wildman–Crippen MR) is 117 cm³/mol. The van der Waals surface area contributed by atoms with Crippen LogP contribution in [0.25, 0.3) is 11.1 Å². The molecule has 2 saturated carbocycles. The van der Waals surface area contributed by atoms with E-state index in [1.807, 2.05) is 0 Å². The zero-order chi connectivity index (χ0) is 22.8. The summed E-state index contributed by atoms with van der Waals surface area (Å²) in [6.07, 6.45) is 13.4. The van der Waals surface area contributed by atoms with Gasteiger partial charge in [-0.3, -0.25) is 0 Å². The maximum Gasteiger partial charge on any atom is 0.194 e. The molecule has 2 aromatic rings. The zero-order valence-corrected chi connectivity index (χ0v) is 18.3. The molecule has 0 unspecified atom stereocenters. The van der Waals surface area contributed by atoms with Gasteiger partial charge in [0.2, 0.25) is 0 Å². The van der Waals surface area contributed by atoms with Crippen LogP contribution in [0.2, 0.25) is 0 Å². The molecule has 5 heteroatoms. The Labute approximate surface area is 186 Å². The van der Waals surface area contributed by atoms with Crippen LogP contribution in [0.4, 0.5) is 22.0 Å². The van der Waals surface area contributed by atoms with Crippen molar-refractivity contribution < 1.29 is 22.0 Å². The molecule has 2 aliphatic rings. The zero-order valence-electron chi connectivity index (χ0n) is 18.3. The molecule has 0 saturated heterocycles. The van der Waals surface area contributed by atoms with E-state index in [2.05, 4.69) is 19.1 Å². The molecule has 4 rings (SSSR count). The fourth-order valence-electron chi connectivity index (χ4n) is 5.81. The van der Waals surface area contributed by atoms with Crippen LogP contribution in [0.5, 0.6) is 0 Å². The third kappa shape index (κ3) is 4.77. The molecule has 2 aliphatic carbocycles. The van der Waals surface area contributed by atoms with Crippen molar-refractivity contribution in [1.29, 1.82) is 0 Å². The van der Waals surface area contributed by atoms with Crippen molar-refractivity contribution in [2.24, 2.45) is 17.8 Å². The first kappa shape index (κ1) is 23.0. The second kappa shape index (κ2) is 9.76. The summed E-state index contributed by atoms with van der Waals surface area (Å²) < 4.78 is 69.9. The van der Waals surface area contributed by atoms with Crippen LogP contribution in [0.3, 0.4) is 0 Å². The highest BCUT2D eigenvalue weighted by Crippen LogP contribution is 2.44. The van der Waals surface area contributed by atoms with E-state index in [4.69, 9.17) is 0 Å². The summed E-state index contributed by atoms with van der Waals surface area (Å²) in [7, 11) is 0. The average Bonchev–Trinajstić information content (AvgIpc) is 2.78. The molecule has 2 aromatic carbocycles. The van der Waals surface area contributed by atoms with Crippen molar-refractivity contribution >= 4 is 0 Å². The minimum Gasteiger partial charge on any atom is -0.206 e. The Hall–Kier alpha value is -2.17. The van der Waals surface area contributed by atoms with Gasteiger partial charge < -0.3 is 0 Å². The highest BCUT2D eigenvalue weighted by atomic mass is 19.2. The van der Waals surface area contributed by atoms with Gasteiger partial charge in [-0.05, 0) is 117 Å². The Kier molecular flexibility index (Phi) is 7.02. The third-order valence-corrected chi connectivity index (χ3v) is 7.53. The van der Waals surface area contributed by atoms with E-state index in [-0.39, 0.29) is 11.5 Å². The fourth-order valence-corrected chi connectivity index (χ4v) is 5.81. The van der Waals surface area contributed by atoms with Gasteiger partial charge in [0.1, 0.15) is 11.6 Å². The molecule has 0 nitrogen and oxygen atoms in total. The number of rotatable bonds is 4. The topological polar surface area (TPSA) is 0 Å². The predicted octanol–water partition coefficient (Wildman–Crippen LogP) is 8.71. The first-order valence-electron chi connectivity index (χ1n) is 11.6. The lowest BCUT2D eigenvalue weighted by atomic mass is 9.68. The second-order valence-electron chi connectivity index (χ2n) is 9.43. The summed E-state index contributed by atoms with van der Waals surface area (Å²) in [5.74, 6) is -4.15. The van der Waals surface area contributed by atoms with Crippen LogP contribution >= 0.6 is 0 Å². The summed E-state index contributed by atoms with van der Waals surface area (Å²) in [6.45, 7) is 2.07. The average molecular weight is 449 g/mol. The van der Waals surface area contributed by atoms with E-state index < -0.39 is 34.6 Å². The molecule has 172 valence electrons. The molecule has 0 aliphatic heterocycles. The van der Waals surface area contributed by atoms with Crippen LogP contribution in [0, 0.1) is 46.8 Å². The molecular formula is C27H29F5. The highest BCUT2D eigenvalue weighted by Gasteiger charge is 2.31. The Bertz CT molecular complexity index is 934. The van der Waals surface area contributed by atoms with Gasteiger partial charge in [-0.15, -0.1) is 0 Å². The summed E-state index contributed by atoms with van der Waals surface area (Å²) >= 11 is 0. The van der Waals surface area contributed by atoms with Crippen molar-refractivity contribution in [3.8, 4) is 11.1 Å². The standard InChI is InChI=1S/C27H29F5/c1-2-3-16-4-6-17(7-5-16)18-8-10-19(11-9-18)20-12-22(28)26(23(29)13-20)21-14-24(30)27(32)25(31)15-21/h2-3,12-19H,4-11H2,1H3. The van der Waals surface area contributed by atoms with Crippen LogP contribution in [0.1, 0.15) is 69.8 Å². The molecule has 0 amide bonds. The fraction of sp³-hybridized carbons (Fsp3) is 0.481. The van der Waals surface area contributed by atoms with Gasteiger partial charge in [-0.25, -0.2) is 22.0 Å². The van der Waals surface area contributed by atoms with Gasteiger partial charge in [-0.1, -0.05) is 12.2 Å². The van der Waals surface area contributed by atoms with Crippen LogP contribution in [-0.2, 0) is 0 Å². The molecule has 0 radical (unpaired) electrons. The molecule has 0 N–H and O–H groups in total. The molecule has 32 heavy (non-hydrogen) atoms. The van der Waals surface area contributed by atoms with Gasteiger partial charge in [0.25, 0.3) is 0 Å². The van der Waals surface area contributed by atoms with Crippen LogP contribution < -0.4 is 0 Å². The molecule has 0 atom stereocenters. The van der Waals surface area contributed by atoms with E-state index in [1.165, 1.54) is 37.8 Å². The van der Waals surface area contributed by atoms with Gasteiger partial charge in [-0.2, -0.15) is 0 Å². The first-order valence-corrected chi connectivity index (χ1v) is 11.6. The maximum atomic E-state index is 14.8. The monoisotopic (exact) mass is 448 g/mol. The lowest BCUT2D eigenvalue weighted by Gasteiger charge is -2.37. The normalized spacial score (nSPS) is 26.6. The minimum atomic E-state index is -1.65. The molecule has 2 fully saturated rings. The van der Waals surface area contributed by atoms with Crippen molar-refractivity contribution in [1.82, 2.24) is 0 Å². The van der Waals surface area contributed by atoms with E-state index in [0.717, 1.165) is 31.6 Å². The van der Waals surface area contributed by atoms with Crippen molar-refractivity contribution in [3.63, 3.8) is 0 Å². The van der Waals surface area contributed by atoms with E-state index >= 15 is 0 Å². The first-order chi connectivity index (χ1) is 15.4. The second-order valence-corrected chi connectivity index (χ2v) is 9.43. The summed E-state index contributed by atoms with van der Waals surface area (Å²) in [5.41, 5.74) is -0.291. The number of allylic oxidation sites excluding steroid dienone is 2. The number of benzene rings is 2. The molecule has 0 spiro atoms. The Balaban J connectivity index is 1.44. The number of hydrogen-bond acceptors (Lipinski definition) is 0. The largest absolute Gasteiger partial charge is 0.206 e. The number of hydrogen-bond donors (Lipinski definition) is 0. The molecule has 0 bridgehead atoms. The Morgan fingerprint density at radius 1 is 0.656 bits per heavy atom. The van der Waals surface area contributed by atoms with Gasteiger partial charge in [0, 0.05) is 0 Å². The maximum absolute atomic E-state index is 14.8. The number of halogens is 5. The van der Waals surface area contributed by atoms with Crippen LogP contribution in [-0.4, -0.2) is 0 Å². The molecule has 0 heterocycles. The SMILES string of the molecule is CC=CC1CCC(C2CCC(c3cc(F)c(-c4cc(F)c(F)c(F)c4)c(F)c3)CC2)CC1. The summed E-state index contributed by atoms with van der Waals surface area (Å²) in [5, 5.41) is 0. The van der Waals surface area contributed by atoms with E-state index in [0.29, 0.717) is 29.5 Å². The smallest absolute Gasteiger partial charge is 0.194 e. The summed E-state index contributed by atoms with van der Waals surface area (Å²) in [4.78, 5) is 0. The summed E-state index contributed by atoms with van der Waals surface area (Å²) in [6, 6.07) is 3.78. The minimum absolute atomic E-state index is 0.0744. The van der Waals surface area contributed by atoms with Gasteiger partial charge >= 0.3 is 0 Å². The molecule has 0 aromatic heterocycles. The molecular weight excluding hydrogens is 419 g/mol. The van der Waals surface area contributed by atoms with Gasteiger partial charge in [0.05, 0.1) is 5.56 Å². The third-order valence-electron chi connectivity index (χ3n) is 7.53.